The number of ether oxygens (including phenoxy) is 1. The number of carbonyl (C=O) groups is 1. The molecular formula is C23H28N2O3. The van der Waals surface area contributed by atoms with Crippen molar-refractivity contribution >= 4 is 27.6 Å². The van der Waals surface area contributed by atoms with Crippen molar-refractivity contribution in [1.29, 1.82) is 0 Å². The van der Waals surface area contributed by atoms with Gasteiger partial charge < -0.3 is 14.1 Å². The smallest absolute Gasteiger partial charge is 0.219 e. The van der Waals surface area contributed by atoms with E-state index < -0.39 is 0 Å². The first-order valence-electron chi connectivity index (χ1n) is 10.2. The van der Waals surface area contributed by atoms with Crippen molar-refractivity contribution in [2.24, 2.45) is 0 Å². The predicted octanol–water partition coefficient (Wildman–Crippen LogP) is 4.08. The highest BCUT2D eigenvalue weighted by Crippen LogP contribution is 2.32. The molecule has 148 valence electrons. The average molecular weight is 380 g/mol. The fourth-order valence-corrected chi connectivity index (χ4v) is 4.03. The Morgan fingerprint density at radius 1 is 1.14 bits per heavy atom. The molecule has 1 saturated heterocycles. The fourth-order valence-electron chi connectivity index (χ4n) is 4.03. The van der Waals surface area contributed by atoms with Gasteiger partial charge in [-0.3, -0.25) is 9.69 Å². The molecule has 4 rings (SSSR count). The lowest BCUT2D eigenvalue weighted by molar-refractivity contribution is -0.130. The maximum Gasteiger partial charge on any atom is 0.219 e. The van der Waals surface area contributed by atoms with Crippen molar-refractivity contribution in [1.82, 2.24) is 9.80 Å². The van der Waals surface area contributed by atoms with Gasteiger partial charge in [-0.05, 0) is 47.0 Å². The van der Waals surface area contributed by atoms with Crippen molar-refractivity contribution < 1.29 is 13.9 Å². The molecule has 28 heavy (non-hydrogen) atoms. The first-order chi connectivity index (χ1) is 13.7. The van der Waals surface area contributed by atoms with Crippen LogP contribution in [0.5, 0.6) is 5.75 Å². The van der Waals surface area contributed by atoms with Gasteiger partial charge in [-0.15, -0.1) is 0 Å². The maximum atomic E-state index is 11.4. The van der Waals surface area contributed by atoms with Gasteiger partial charge in [0.25, 0.3) is 0 Å². The highest BCUT2D eigenvalue weighted by molar-refractivity contribution is 6.07. The lowest BCUT2D eigenvalue weighted by Gasteiger charge is -2.34. The largest absolute Gasteiger partial charge is 0.492 e. The summed E-state index contributed by atoms with van der Waals surface area (Å²) in [7, 11) is 0. The zero-order valence-corrected chi connectivity index (χ0v) is 16.7. The minimum Gasteiger partial charge on any atom is -0.492 e. The number of piperazine rings is 1. The van der Waals surface area contributed by atoms with E-state index in [4.69, 9.17) is 9.15 Å². The molecule has 1 fully saturated rings. The van der Waals surface area contributed by atoms with Crippen LogP contribution in [-0.4, -0.2) is 55.0 Å². The van der Waals surface area contributed by atoms with Gasteiger partial charge in [0.05, 0.1) is 6.26 Å². The summed E-state index contributed by atoms with van der Waals surface area (Å²) < 4.78 is 11.7. The number of aryl methyl sites for hydroxylation is 1. The number of rotatable bonds is 6. The predicted molar refractivity (Wildman–Crippen MR) is 112 cm³/mol. The third-order valence-corrected chi connectivity index (χ3v) is 5.62. The molecule has 0 atom stereocenters. The second-order valence-electron chi connectivity index (χ2n) is 7.53. The van der Waals surface area contributed by atoms with Crippen LogP contribution in [0.25, 0.3) is 21.7 Å². The van der Waals surface area contributed by atoms with Crippen LogP contribution in [0, 0.1) is 0 Å². The van der Waals surface area contributed by atoms with Crippen molar-refractivity contribution in [3.05, 3.63) is 42.2 Å². The van der Waals surface area contributed by atoms with E-state index in [1.54, 1.807) is 6.92 Å². The molecule has 0 bridgehead atoms. The molecular weight excluding hydrogens is 352 g/mol. The highest BCUT2D eigenvalue weighted by atomic mass is 16.5. The lowest BCUT2D eigenvalue weighted by atomic mass is 10.0. The van der Waals surface area contributed by atoms with Crippen molar-refractivity contribution in [3.63, 3.8) is 0 Å². The fraction of sp³-hybridized carbons (Fsp3) is 0.435. The van der Waals surface area contributed by atoms with E-state index in [-0.39, 0.29) is 5.91 Å². The summed E-state index contributed by atoms with van der Waals surface area (Å²) >= 11 is 0. The summed E-state index contributed by atoms with van der Waals surface area (Å²) in [6.07, 6.45) is 4.03. The number of nitrogens with zero attached hydrogens (tertiary/aromatic N) is 2. The van der Waals surface area contributed by atoms with Gasteiger partial charge in [0.1, 0.15) is 17.9 Å². The number of fused-ring (bicyclic) bond motifs is 3. The van der Waals surface area contributed by atoms with Gasteiger partial charge >= 0.3 is 0 Å². The van der Waals surface area contributed by atoms with Gasteiger partial charge in [0.2, 0.25) is 5.91 Å². The van der Waals surface area contributed by atoms with Crippen LogP contribution in [-0.2, 0) is 11.2 Å². The SMILES string of the molecule is CCCc1coc2ccc3cc(OCCN4CCN(C(C)=O)CC4)ccc3c12. The quantitative estimate of drug-likeness (QED) is 0.646. The summed E-state index contributed by atoms with van der Waals surface area (Å²) in [5, 5.41) is 3.63. The molecule has 3 aromatic rings. The zero-order chi connectivity index (χ0) is 19.5. The monoisotopic (exact) mass is 380 g/mol. The molecule has 2 heterocycles. The van der Waals surface area contributed by atoms with Crippen molar-refractivity contribution in [3.8, 4) is 5.75 Å². The summed E-state index contributed by atoms with van der Waals surface area (Å²) in [4.78, 5) is 15.7. The molecule has 1 aliphatic rings. The van der Waals surface area contributed by atoms with E-state index in [1.807, 2.05) is 11.2 Å². The van der Waals surface area contributed by atoms with Crippen LogP contribution < -0.4 is 4.74 Å². The lowest BCUT2D eigenvalue weighted by Crippen LogP contribution is -2.48. The Labute approximate surface area is 165 Å². The van der Waals surface area contributed by atoms with E-state index in [9.17, 15) is 4.79 Å². The van der Waals surface area contributed by atoms with Gasteiger partial charge in [0, 0.05) is 45.0 Å². The summed E-state index contributed by atoms with van der Waals surface area (Å²) in [5.74, 6) is 1.07. The number of hydrogen-bond donors (Lipinski definition) is 0. The van der Waals surface area contributed by atoms with Crippen LogP contribution in [0.2, 0.25) is 0 Å². The second kappa shape index (κ2) is 8.23. The maximum absolute atomic E-state index is 11.4. The van der Waals surface area contributed by atoms with Gasteiger partial charge in [-0.25, -0.2) is 0 Å². The number of hydrogen-bond acceptors (Lipinski definition) is 4. The van der Waals surface area contributed by atoms with Crippen LogP contribution >= 0.6 is 0 Å². The summed E-state index contributed by atoms with van der Waals surface area (Å²) in [6, 6.07) is 10.5. The third kappa shape index (κ3) is 3.85. The molecule has 0 N–H and O–H groups in total. The summed E-state index contributed by atoms with van der Waals surface area (Å²) in [6.45, 7) is 8.82. The van der Waals surface area contributed by atoms with Crippen LogP contribution in [0.1, 0.15) is 25.8 Å². The minimum absolute atomic E-state index is 0.167. The molecule has 1 aromatic heterocycles. The van der Waals surface area contributed by atoms with Crippen molar-refractivity contribution in [2.75, 3.05) is 39.3 Å². The standard InChI is InChI=1S/C23H28N2O3/c1-3-4-19-16-28-22-8-5-18-15-20(6-7-21(18)23(19)22)27-14-13-24-9-11-25(12-10-24)17(2)26/h5-8,15-16H,3-4,9-14H2,1-2H3. The first kappa shape index (κ1) is 18.8. The Morgan fingerprint density at radius 3 is 2.71 bits per heavy atom. The van der Waals surface area contributed by atoms with E-state index in [0.29, 0.717) is 6.61 Å². The number of furan rings is 1. The molecule has 0 unspecified atom stereocenters. The second-order valence-corrected chi connectivity index (χ2v) is 7.53. The molecule has 5 nitrogen and oxygen atoms in total. The Bertz CT molecular complexity index is 971. The Morgan fingerprint density at radius 2 is 1.96 bits per heavy atom. The average Bonchev–Trinajstić information content (AvgIpc) is 3.12. The molecule has 0 aliphatic carbocycles. The van der Waals surface area contributed by atoms with Crippen LogP contribution in [0.4, 0.5) is 0 Å². The van der Waals surface area contributed by atoms with Crippen LogP contribution in [0.3, 0.4) is 0 Å². The molecule has 0 radical (unpaired) electrons. The molecule has 1 aliphatic heterocycles. The normalized spacial score (nSPS) is 15.4. The zero-order valence-electron chi connectivity index (χ0n) is 16.7. The van der Waals surface area contributed by atoms with Gasteiger partial charge in [-0.1, -0.05) is 19.4 Å². The number of carbonyl (C=O) groups excluding carboxylic acids is 1. The molecule has 0 spiro atoms. The van der Waals surface area contributed by atoms with E-state index in [1.165, 1.54) is 21.7 Å². The number of amides is 1. The Kier molecular flexibility index (Phi) is 5.53. The van der Waals surface area contributed by atoms with E-state index >= 15 is 0 Å². The van der Waals surface area contributed by atoms with E-state index in [2.05, 4.69) is 42.2 Å². The summed E-state index contributed by atoms with van der Waals surface area (Å²) in [5.41, 5.74) is 2.23. The van der Waals surface area contributed by atoms with Crippen molar-refractivity contribution in [2.45, 2.75) is 26.7 Å². The Balaban J connectivity index is 1.40. The van der Waals surface area contributed by atoms with Gasteiger partial charge in [-0.2, -0.15) is 0 Å². The number of benzene rings is 2. The molecule has 5 heteroatoms. The van der Waals surface area contributed by atoms with E-state index in [0.717, 1.165) is 56.9 Å². The third-order valence-electron chi connectivity index (χ3n) is 5.62. The molecule has 1 amide bonds. The first-order valence-corrected chi connectivity index (χ1v) is 10.2. The topological polar surface area (TPSA) is 45.9 Å². The highest BCUT2D eigenvalue weighted by Gasteiger charge is 2.18. The molecule has 0 saturated carbocycles. The van der Waals surface area contributed by atoms with Crippen LogP contribution in [0.15, 0.2) is 41.0 Å². The Hall–Kier alpha value is -2.53. The van der Waals surface area contributed by atoms with Gasteiger partial charge in [0.15, 0.2) is 0 Å². The minimum atomic E-state index is 0.167. The molecule has 2 aromatic carbocycles.